The van der Waals surface area contributed by atoms with Crippen LogP contribution in [-0.2, 0) is 9.59 Å². The number of aliphatic hydroxyl groups is 1. The maximum atomic E-state index is 13.3. The fraction of sp³-hybridized carbons (Fsp3) is 0.429. The number of ether oxygens (including phenoxy) is 2. The molecule has 0 saturated carbocycles. The predicted molar refractivity (Wildman–Crippen MR) is 133 cm³/mol. The van der Waals surface area contributed by atoms with Crippen LogP contribution in [-0.4, -0.2) is 42.5 Å². The second-order valence-electron chi connectivity index (χ2n) is 9.04. The van der Waals surface area contributed by atoms with Gasteiger partial charge in [-0.25, -0.2) is 0 Å². The van der Waals surface area contributed by atoms with E-state index in [9.17, 15) is 14.7 Å². The number of amides is 1. The highest BCUT2D eigenvalue weighted by atomic mass is 16.5. The number of carbonyl (C=O) groups excluding carboxylic acids is 2. The lowest BCUT2D eigenvalue weighted by Gasteiger charge is -2.26. The van der Waals surface area contributed by atoms with Crippen molar-refractivity contribution in [3.05, 3.63) is 64.2 Å². The number of likely N-dealkylation sites (tertiary alicyclic amines) is 1. The average Bonchev–Trinajstić information content (AvgIpc) is 3.08. The van der Waals surface area contributed by atoms with Crippen LogP contribution in [0.1, 0.15) is 74.2 Å². The smallest absolute Gasteiger partial charge is 0.295 e. The number of Topliss-reactive ketones (excluding diaryl/α,β-unsaturated/α-hetero) is 1. The lowest BCUT2D eigenvalue weighted by Crippen LogP contribution is -2.30. The summed E-state index contributed by atoms with van der Waals surface area (Å²) in [6.07, 6.45) is 2.74. The molecule has 34 heavy (non-hydrogen) atoms. The van der Waals surface area contributed by atoms with Gasteiger partial charge in [-0.3, -0.25) is 9.59 Å². The summed E-state index contributed by atoms with van der Waals surface area (Å²) in [5.41, 5.74) is 3.11. The minimum absolute atomic E-state index is 0.120. The van der Waals surface area contributed by atoms with E-state index < -0.39 is 17.7 Å². The first-order valence-corrected chi connectivity index (χ1v) is 11.9. The van der Waals surface area contributed by atoms with Gasteiger partial charge in [-0.1, -0.05) is 45.7 Å². The van der Waals surface area contributed by atoms with Crippen LogP contribution in [0.2, 0.25) is 0 Å². The Morgan fingerprint density at radius 3 is 2.29 bits per heavy atom. The van der Waals surface area contributed by atoms with E-state index in [1.165, 1.54) is 0 Å². The minimum atomic E-state index is -0.660. The van der Waals surface area contributed by atoms with E-state index >= 15 is 0 Å². The quantitative estimate of drug-likeness (QED) is 0.221. The summed E-state index contributed by atoms with van der Waals surface area (Å²) in [4.78, 5) is 28.0. The Kier molecular flexibility index (Phi) is 8.02. The number of nitrogens with zero attached hydrogens (tertiary/aromatic N) is 1. The van der Waals surface area contributed by atoms with Crippen LogP contribution in [0.15, 0.2) is 42.0 Å². The highest BCUT2D eigenvalue weighted by Crippen LogP contribution is 2.41. The molecule has 6 nitrogen and oxygen atoms in total. The number of hydrogen-bond acceptors (Lipinski definition) is 5. The highest BCUT2D eigenvalue weighted by molar-refractivity contribution is 6.46. The largest absolute Gasteiger partial charge is 0.507 e. The summed E-state index contributed by atoms with van der Waals surface area (Å²) in [6, 6.07) is 10.4. The Balaban J connectivity index is 2.20. The first-order chi connectivity index (χ1) is 16.2. The van der Waals surface area contributed by atoms with E-state index in [1.54, 1.807) is 31.3 Å². The Morgan fingerprint density at radius 2 is 1.74 bits per heavy atom. The third-order valence-electron chi connectivity index (χ3n) is 6.43. The van der Waals surface area contributed by atoms with Gasteiger partial charge >= 0.3 is 0 Å². The van der Waals surface area contributed by atoms with E-state index in [-0.39, 0.29) is 17.3 Å². The van der Waals surface area contributed by atoms with E-state index in [0.29, 0.717) is 17.9 Å². The van der Waals surface area contributed by atoms with Gasteiger partial charge in [-0.05, 0) is 60.2 Å². The van der Waals surface area contributed by atoms with Crippen molar-refractivity contribution in [1.29, 1.82) is 0 Å². The Bertz CT molecular complexity index is 1080. The van der Waals surface area contributed by atoms with E-state index in [4.69, 9.17) is 9.47 Å². The molecule has 1 heterocycles. The molecule has 6 heteroatoms. The monoisotopic (exact) mass is 465 g/mol. The number of rotatable bonds is 9. The molecule has 0 aromatic heterocycles. The molecule has 1 amide bonds. The second-order valence-corrected chi connectivity index (χ2v) is 9.04. The van der Waals surface area contributed by atoms with Crippen LogP contribution >= 0.6 is 0 Å². The molecule has 1 atom stereocenters. The molecule has 2 aromatic rings. The normalized spacial score (nSPS) is 17.5. The van der Waals surface area contributed by atoms with Gasteiger partial charge in [0.25, 0.3) is 11.7 Å². The van der Waals surface area contributed by atoms with Crippen LogP contribution in [0.4, 0.5) is 0 Å². The molecule has 182 valence electrons. The SMILES string of the molecule is CCCCCN1C(=O)C(=O)/C(=C(/O)c2cc(C(C)C)c(OC)cc2C)C1c1ccc(OC)cc1. The van der Waals surface area contributed by atoms with Crippen molar-refractivity contribution < 1.29 is 24.2 Å². The molecular formula is C28H35NO5. The van der Waals surface area contributed by atoms with Gasteiger partial charge in [-0.2, -0.15) is 0 Å². The molecular weight excluding hydrogens is 430 g/mol. The van der Waals surface area contributed by atoms with Crippen molar-refractivity contribution >= 4 is 17.4 Å². The third-order valence-corrected chi connectivity index (χ3v) is 6.43. The summed E-state index contributed by atoms with van der Waals surface area (Å²) in [7, 11) is 3.20. The zero-order valence-electron chi connectivity index (χ0n) is 21.0. The van der Waals surface area contributed by atoms with Gasteiger partial charge in [0.15, 0.2) is 0 Å². The number of carbonyl (C=O) groups is 2. The standard InChI is InChI=1S/C28H35NO5/c1-7-8-9-14-29-25(19-10-12-20(33-5)13-11-19)24(27(31)28(29)32)26(30)22-16-21(17(2)3)23(34-6)15-18(22)4/h10-13,15-17,25,30H,7-9,14H2,1-6H3/b26-24+. The lowest BCUT2D eigenvalue weighted by atomic mass is 9.91. The first kappa shape index (κ1) is 25.3. The number of aliphatic hydroxyl groups excluding tert-OH is 1. The van der Waals surface area contributed by atoms with E-state index in [0.717, 1.165) is 41.7 Å². The topological polar surface area (TPSA) is 76.1 Å². The summed E-state index contributed by atoms with van der Waals surface area (Å²) in [5.74, 6) is 0.176. The molecule has 1 fully saturated rings. The lowest BCUT2D eigenvalue weighted by molar-refractivity contribution is -0.139. The van der Waals surface area contributed by atoms with Gasteiger partial charge < -0.3 is 19.5 Å². The van der Waals surface area contributed by atoms with Crippen molar-refractivity contribution in [2.24, 2.45) is 0 Å². The van der Waals surface area contributed by atoms with E-state index in [2.05, 4.69) is 6.92 Å². The van der Waals surface area contributed by atoms with Gasteiger partial charge in [0.05, 0.1) is 25.8 Å². The van der Waals surface area contributed by atoms with Crippen molar-refractivity contribution in [2.45, 2.75) is 58.9 Å². The third kappa shape index (κ3) is 4.81. The van der Waals surface area contributed by atoms with Crippen molar-refractivity contribution in [3.63, 3.8) is 0 Å². The number of methoxy groups -OCH3 is 2. The number of hydrogen-bond donors (Lipinski definition) is 1. The van der Waals surface area contributed by atoms with E-state index in [1.807, 2.05) is 45.0 Å². The maximum Gasteiger partial charge on any atom is 0.295 e. The summed E-state index contributed by atoms with van der Waals surface area (Å²) >= 11 is 0. The fourth-order valence-corrected chi connectivity index (χ4v) is 4.50. The fourth-order valence-electron chi connectivity index (χ4n) is 4.50. The second kappa shape index (κ2) is 10.8. The molecule has 1 saturated heterocycles. The van der Waals surface area contributed by atoms with Crippen LogP contribution in [0.25, 0.3) is 5.76 Å². The Labute approximate surface area is 202 Å². The van der Waals surface area contributed by atoms with Crippen LogP contribution in [0.5, 0.6) is 11.5 Å². The molecule has 0 radical (unpaired) electrons. The molecule has 1 unspecified atom stereocenters. The zero-order chi connectivity index (χ0) is 25.0. The van der Waals surface area contributed by atoms with Gasteiger partial charge in [0, 0.05) is 12.1 Å². The maximum absolute atomic E-state index is 13.3. The molecule has 1 aliphatic heterocycles. The summed E-state index contributed by atoms with van der Waals surface area (Å²) in [5, 5.41) is 11.5. The average molecular weight is 466 g/mol. The van der Waals surface area contributed by atoms with Gasteiger partial charge in [-0.15, -0.1) is 0 Å². The number of aryl methyl sites for hydroxylation is 1. The van der Waals surface area contributed by atoms with Crippen molar-refractivity contribution in [2.75, 3.05) is 20.8 Å². The summed E-state index contributed by atoms with van der Waals surface area (Å²) in [6.45, 7) is 8.49. The first-order valence-electron chi connectivity index (χ1n) is 11.9. The molecule has 3 rings (SSSR count). The molecule has 2 aromatic carbocycles. The predicted octanol–water partition coefficient (Wildman–Crippen LogP) is 5.75. The molecule has 0 aliphatic carbocycles. The number of benzene rings is 2. The molecule has 1 N–H and O–H groups in total. The van der Waals surface area contributed by atoms with Gasteiger partial charge in [0.2, 0.25) is 0 Å². The van der Waals surface area contributed by atoms with Crippen LogP contribution < -0.4 is 9.47 Å². The summed E-state index contributed by atoms with van der Waals surface area (Å²) < 4.78 is 10.8. The Hall–Kier alpha value is -3.28. The zero-order valence-corrected chi connectivity index (χ0v) is 21.0. The van der Waals surface area contributed by atoms with Crippen LogP contribution in [0, 0.1) is 6.92 Å². The molecule has 1 aliphatic rings. The number of unbranched alkanes of at least 4 members (excludes halogenated alkanes) is 2. The van der Waals surface area contributed by atoms with Crippen LogP contribution in [0.3, 0.4) is 0 Å². The Morgan fingerprint density at radius 1 is 1.06 bits per heavy atom. The highest BCUT2D eigenvalue weighted by Gasteiger charge is 2.46. The molecule has 0 spiro atoms. The minimum Gasteiger partial charge on any atom is -0.507 e. The number of ketones is 1. The van der Waals surface area contributed by atoms with Crippen molar-refractivity contribution in [3.8, 4) is 11.5 Å². The van der Waals surface area contributed by atoms with Crippen molar-refractivity contribution in [1.82, 2.24) is 4.90 Å². The van der Waals surface area contributed by atoms with Gasteiger partial charge in [0.1, 0.15) is 17.3 Å². The molecule has 0 bridgehead atoms.